The molecule has 0 aromatic heterocycles. The molecule has 12 N–H and O–H groups in total. The first-order valence-corrected chi connectivity index (χ1v) is 51.6. The van der Waals surface area contributed by atoms with Gasteiger partial charge in [-0.2, -0.15) is 0 Å². The average Bonchev–Trinajstić information content (AvgIpc) is 0.828. The summed E-state index contributed by atoms with van der Waals surface area (Å²) in [4.78, 5) is 10.4. The number of halogens is 1. The highest BCUT2D eigenvalue weighted by atomic mass is 35.5. The van der Waals surface area contributed by atoms with Gasteiger partial charge in [-0.15, -0.1) is 0 Å². The molecule has 10 nitrogen and oxygen atoms in total. The number of hydrogen-bond acceptors (Lipinski definition) is 9. The number of ether oxygens (including phenoxy) is 1. The highest BCUT2D eigenvalue weighted by molar-refractivity contribution is 6.30. The van der Waals surface area contributed by atoms with Gasteiger partial charge in [-0.05, 0) is 246 Å². The van der Waals surface area contributed by atoms with Crippen molar-refractivity contribution in [2.75, 3.05) is 46.4 Å². The van der Waals surface area contributed by atoms with Crippen LogP contribution in [0.5, 0.6) is 5.75 Å². The second-order valence-electron chi connectivity index (χ2n) is 40.1. The Morgan fingerprint density at radius 3 is 1.03 bits per heavy atom. The molecule has 2 aliphatic rings. The van der Waals surface area contributed by atoms with Crippen LogP contribution in [0.1, 0.15) is 217 Å². The third-order valence-electron chi connectivity index (χ3n) is 23.7. The molecule has 2 aliphatic carbocycles. The van der Waals surface area contributed by atoms with Crippen LogP contribution in [0.25, 0.3) is 47.1 Å². The van der Waals surface area contributed by atoms with Crippen molar-refractivity contribution in [3.05, 3.63) is 533 Å². The lowest BCUT2D eigenvalue weighted by molar-refractivity contribution is -0.384. The number of benzene rings is 8. The van der Waals surface area contributed by atoms with Gasteiger partial charge in [0, 0.05) is 56.4 Å². The summed E-state index contributed by atoms with van der Waals surface area (Å²) in [6.07, 6.45) is 88.6. The van der Waals surface area contributed by atoms with Gasteiger partial charge in [0.25, 0.3) is 5.69 Å². The number of nitro benzene ring substituents is 1. The number of aryl methyl sites for hydroxylation is 3. The SMILES string of the molecule is CC(/C=C/C=C(/C=C/c1ccc(C)cc1)c1ccccc1)=C\CN.CC(/C=C/C=C(/C=C/c1ccc(Cl)cc1)c1ccccc1)=C\CN.CC(/C=C/C=C(/C=C/c1ccc2c(c1)CCCC2)C(C)(C)C)=C\CN.CC(/C=C/C=C(/C=C/c1ccccc1)C(C)(C)C)=C\CN.CC(C)(C)C(=C\CN)/C=C/C=C(/C=C/C1=CCCCC1)C(C)(C)C.COc1ccc(C(=C\C=C\C(C)=C\CN)/C=C/c2ccc([N+](=O)[O-])cc2)cc1. The molecule has 8 aromatic carbocycles. The second-order valence-corrected chi connectivity index (χ2v) is 40.6. The van der Waals surface area contributed by atoms with Gasteiger partial charge in [0.15, 0.2) is 0 Å². The molecule has 0 atom stereocenters. The molecule has 0 aliphatic heterocycles. The van der Waals surface area contributed by atoms with Crippen molar-refractivity contribution >= 4 is 64.4 Å². The van der Waals surface area contributed by atoms with Gasteiger partial charge in [-0.1, -0.05) is 516 Å². The van der Waals surface area contributed by atoms with Crippen LogP contribution < -0.4 is 39.1 Å². The Labute approximate surface area is 884 Å². The number of allylic oxidation sites excluding steroid dienone is 39. The average molecular weight is 1970 g/mol. The van der Waals surface area contributed by atoms with Crippen LogP contribution in [0.3, 0.4) is 0 Å². The first-order valence-electron chi connectivity index (χ1n) is 51.2. The first kappa shape index (κ1) is 123. The minimum absolute atomic E-state index is 0.0770. The van der Waals surface area contributed by atoms with Gasteiger partial charge in [0.1, 0.15) is 5.75 Å². The van der Waals surface area contributed by atoms with Crippen molar-refractivity contribution in [2.24, 2.45) is 56.1 Å². The van der Waals surface area contributed by atoms with Gasteiger partial charge in [-0.25, -0.2) is 0 Å². The van der Waals surface area contributed by atoms with Crippen LogP contribution in [0.15, 0.2) is 456 Å². The molecule has 0 saturated heterocycles. The third kappa shape index (κ3) is 52.3. The fraction of sp³-hybridized carbons (Fsp3) is 0.274. The van der Waals surface area contributed by atoms with Crippen molar-refractivity contribution in [2.45, 2.75) is 176 Å². The molecule has 146 heavy (non-hydrogen) atoms. The summed E-state index contributed by atoms with van der Waals surface area (Å²) < 4.78 is 5.22. The molecule has 0 heterocycles. The molecule has 0 bridgehead atoms. The largest absolute Gasteiger partial charge is 0.497 e. The fourth-order valence-electron chi connectivity index (χ4n) is 14.8. The van der Waals surface area contributed by atoms with Crippen LogP contribution in [-0.2, 0) is 12.8 Å². The Kier molecular flexibility index (Phi) is 57.9. The van der Waals surface area contributed by atoms with Crippen molar-refractivity contribution in [3.8, 4) is 5.75 Å². The van der Waals surface area contributed by atoms with E-state index in [2.05, 4.69) is 378 Å². The summed E-state index contributed by atoms with van der Waals surface area (Å²) in [6.45, 7) is 42.7. The maximum Gasteiger partial charge on any atom is 0.269 e. The Morgan fingerprint density at radius 1 is 0.336 bits per heavy atom. The lowest BCUT2D eigenvalue weighted by atomic mass is 9.84. The Morgan fingerprint density at radius 2 is 0.658 bits per heavy atom. The van der Waals surface area contributed by atoms with Crippen LogP contribution in [0, 0.1) is 38.7 Å². The quantitative estimate of drug-likeness (QED) is 0.0127. The number of nitro groups is 1. The number of methoxy groups -OCH3 is 1. The lowest BCUT2D eigenvalue weighted by Crippen LogP contribution is -2.10. The van der Waals surface area contributed by atoms with Crippen LogP contribution in [0.2, 0.25) is 5.02 Å². The van der Waals surface area contributed by atoms with E-state index in [1.54, 1.807) is 24.8 Å². The first-order chi connectivity index (χ1) is 69.9. The summed E-state index contributed by atoms with van der Waals surface area (Å²) in [7, 11) is 1.63. The topological polar surface area (TPSA) is 208 Å². The zero-order valence-corrected chi connectivity index (χ0v) is 91.7. The Bertz CT molecular complexity index is 5980. The molecule has 0 fully saturated rings. The van der Waals surface area contributed by atoms with Crippen LogP contribution in [0.4, 0.5) is 5.69 Å². The van der Waals surface area contributed by atoms with E-state index in [9.17, 15) is 10.1 Å². The van der Waals surface area contributed by atoms with Gasteiger partial charge in [0.2, 0.25) is 0 Å². The molecule has 768 valence electrons. The molecular weight excluding hydrogens is 1800 g/mol. The molecule has 0 spiro atoms. The van der Waals surface area contributed by atoms with E-state index >= 15 is 0 Å². The predicted octanol–water partition coefficient (Wildman–Crippen LogP) is 34.3. The Hall–Kier alpha value is -13.5. The minimum atomic E-state index is -0.405. The van der Waals surface area contributed by atoms with E-state index < -0.39 is 4.92 Å². The number of hydrogen-bond donors (Lipinski definition) is 6. The van der Waals surface area contributed by atoms with E-state index in [1.165, 1.54) is 153 Å². The maximum absolute atomic E-state index is 10.8. The van der Waals surface area contributed by atoms with E-state index in [0.29, 0.717) is 39.3 Å². The van der Waals surface area contributed by atoms with E-state index in [-0.39, 0.29) is 27.3 Å². The van der Waals surface area contributed by atoms with Crippen molar-refractivity contribution in [1.82, 2.24) is 0 Å². The van der Waals surface area contributed by atoms with Gasteiger partial charge >= 0.3 is 0 Å². The summed E-state index contributed by atoms with van der Waals surface area (Å²) >= 11 is 5.94. The molecular formula is C135H168ClN7O3. The number of rotatable bonds is 35. The monoisotopic (exact) mass is 1970 g/mol. The molecule has 0 radical (unpaired) electrons. The maximum atomic E-state index is 10.8. The predicted molar refractivity (Wildman–Crippen MR) is 644 cm³/mol. The zero-order valence-electron chi connectivity index (χ0n) is 90.9. The fourth-order valence-corrected chi connectivity index (χ4v) is 14.9. The van der Waals surface area contributed by atoms with Crippen LogP contribution in [-0.4, -0.2) is 51.3 Å². The summed E-state index contributed by atoms with van der Waals surface area (Å²) in [5, 5.41) is 11.5. The van der Waals surface area contributed by atoms with E-state index in [1.807, 2.05) is 153 Å². The van der Waals surface area contributed by atoms with Gasteiger partial charge < -0.3 is 39.1 Å². The lowest BCUT2D eigenvalue weighted by Gasteiger charge is -2.21. The highest BCUT2D eigenvalue weighted by Gasteiger charge is 2.19. The van der Waals surface area contributed by atoms with Crippen molar-refractivity contribution in [1.29, 1.82) is 0 Å². The standard InChI is InChI=1S/C24H33N.C23H24N2O3.C23H25N.C23H37N.C22H22ClN.C20H27N/c1-19(16-17-25)8-7-11-23(24(2,3)4)15-13-20-12-14-21-9-5-6-10-22(21)18-20;1-18(16-17-24)4-3-5-20(21-10-14-23(28-2)15-11-21)9-6-19-7-12-22(13-8-19)25(26)27;1-19(17-18-24)7-6-10-23(22-8-4-3-5-9-22)16-15-21-13-11-20(2)12-14-21;1-22(2,3)20(16-15-19-11-8-7-9-12-19)13-10-14-21(17-18-24)23(4,5)6;1-18(16-17-24)6-5-9-21(20-7-3-2-4-8-20)13-10-19-11-14-22(23)15-12-19;1-17(15-16-21)9-8-12-19(20(2,3)4)14-13-18-10-6-5-7-11-18/h7-8,11-16,18H,5-6,9-10,17,25H2,1-4H3;3-16H,17,24H2,1-2H3;3-17H,18,24H2,1-2H3;10-11,13-17H,7-9,12,18,24H2,1-6H3;2-16H,17,24H2,1H3;5-15H,16,21H2,1-4H3/b8-7+,15-13+,19-16+,23-11-;4-3+,9-6+,18-16+,20-5-;7-6+,16-15+,19-17+,23-10-;14-10+,16-15+,20-13-,21-17-;6-5+,13-10+,18-16+,21-9-;9-8+,14-13+,17-15+,19-12-. The summed E-state index contributed by atoms with van der Waals surface area (Å²) in [6, 6.07) is 68.6. The van der Waals surface area contributed by atoms with Crippen LogP contribution >= 0.6 is 11.6 Å². The highest BCUT2D eigenvalue weighted by Crippen LogP contribution is 2.34. The smallest absolute Gasteiger partial charge is 0.269 e. The Balaban J connectivity index is 0.000000309. The molecule has 0 unspecified atom stereocenters. The molecule has 8 aromatic rings. The van der Waals surface area contributed by atoms with Crippen molar-refractivity contribution < 1.29 is 9.66 Å². The van der Waals surface area contributed by atoms with Gasteiger partial charge in [-0.3, -0.25) is 10.1 Å². The minimum Gasteiger partial charge on any atom is -0.497 e. The summed E-state index contributed by atoms with van der Waals surface area (Å²) in [5.41, 5.74) is 63.3. The zero-order chi connectivity index (χ0) is 107. The third-order valence-corrected chi connectivity index (χ3v) is 23.9. The molecule has 0 amide bonds. The molecule has 10 rings (SSSR count). The van der Waals surface area contributed by atoms with Crippen molar-refractivity contribution in [3.63, 3.8) is 0 Å². The second kappa shape index (κ2) is 68.7. The normalized spacial score (nSPS) is 14.7. The van der Waals surface area contributed by atoms with E-state index in [0.717, 1.165) is 49.8 Å². The number of nitrogens with zero attached hydrogens (tertiary/aromatic N) is 1. The summed E-state index contributed by atoms with van der Waals surface area (Å²) in [5.74, 6) is 0.791. The molecule has 11 heteroatoms. The molecule has 0 saturated carbocycles. The number of fused-ring (bicyclic) bond motifs is 1. The van der Waals surface area contributed by atoms with E-state index in [4.69, 9.17) is 50.7 Å². The number of nitrogens with two attached hydrogens (primary N) is 6. The van der Waals surface area contributed by atoms with Gasteiger partial charge in [0.05, 0.1) is 12.0 Å². The number of non-ortho nitro benzene ring substituents is 1.